The predicted molar refractivity (Wildman–Crippen MR) is 211 cm³/mol. The number of benzene rings is 3. The van der Waals surface area contributed by atoms with Gasteiger partial charge in [-0.15, -0.1) is 11.3 Å². The van der Waals surface area contributed by atoms with E-state index in [9.17, 15) is 0 Å². The molecule has 5 nitrogen and oxygen atoms in total. The Labute approximate surface area is 306 Å². The Morgan fingerprint density at radius 2 is 1.24 bits per heavy atom. The lowest BCUT2D eigenvalue weighted by molar-refractivity contribution is -0.173. The van der Waals surface area contributed by atoms with E-state index in [4.69, 9.17) is 23.7 Å². The molecule has 4 rings (SSSR count). The van der Waals surface area contributed by atoms with Gasteiger partial charge in [0.1, 0.15) is 18.3 Å². The van der Waals surface area contributed by atoms with Gasteiger partial charge in [-0.2, -0.15) is 0 Å². The third kappa shape index (κ3) is 12.9. The molecule has 3 aromatic carbocycles. The van der Waals surface area contributed by atoms with Crippen LogP contribution in [0.25, 0.3) is 21.2 Å². The molecule has 274 valence electrons. The summed E-state index contributed by atoms with van der Waals surface area (Å²) in [5, 5.41) is 1.30. The molecule has 6 heteroatoms. The molecule has 0 fully saturated rings. The molecule has 0 aliphatic rings. The van der Waals surface area contributed by atoms with E-state index in [1.54, 1.807) is 0 Å². The van der Waals surface area contributed by atoms with Crippen LogP contribution in [0.1, 0.15) is 108 Å². The first-order valence-corrected chi connectivity index (χ1v) is 20.1. The molecule has 1 aromatic heterocycles. The van der Waals surface area contributed by atoms with E-state index in [1.165, 1.54) is 31.7 Å². The summed E-state index contributed by atoms with van der Waals surface area (Å²) in [6.45, 7) is 14.6. The second-order valence-electron chi connectivity index (χ2n) is 13.4. The summed E-state index contributed by atoms with van der Waals surface area (Å²) in [6.07, 6.45) is 8.19. The van der Waals surface area contributed by atoms with Gasteiger partial charge in [-0.25, -0.2) is 0 Å². The highest BCUT2D eigenvalue weighted by Gasteiger charge is 2.31. The molecule has 0 bridgehead atoms. The second kappa shape index (κ2) is 23.1. The number of hydrogen-bond acceptors (Lipinski definition) is 6. The van der Waals surface area contributed by atoms with E-state index in [0.717, 1.165) is 70.0 Å². The zero-order valence-corrected chi connectivity index (χ0v) is 32.2. The van der Waals surface area contributed by atoms with Crippen molar-refractivity contribution >= 4 is 21.4 Å². The van der Waals surface area contributed by atoms with Gasteiger partial charge in [-0.05, 0) is 72.4 Å². The minimum absolute atomic E-state index is 0.170. The van der Waals surface area contributed by atoms with Crippen LogP contribution in [0.5, 0.6) is 0 Å². The van der Waals surface area contributed by atoms with E-state index in [1.807, 2.05) is 11.3 Å². The fourth-order valence-corrected chi connectivity index (χ4v) is 7.15. The van der Waals surface area contributed by atoms with Crippen molar-refractivity contribution in [1.29, 1.82) is 0 Å². The SMILES string of the molecule is CCCCOC[C@H](OCCCC)[C@@H](COCCCC)OC(c1ccc(-c2ccccc2)c(Cc2cc3ccccc3s2)c1)[C@@H](C)OCCCC. The lowest BCUT2D eigenvalue weighted by atomic mass is 9.92. The second-order valence-corrected chi connectivity index (χ2v) is 14.5. The Morgan fingerprint density at radius 1 is 0.620 bits per heavy atom. The first kappa shape index (κ1) is 40.2. The first-order chi connectivity index (χ1) is 24.6. The van der Waals surface area contributed by atoms with E-state index < -0.39 is 0 Å². The van der Waals surface area contributed by atoms with Gasteiger partial charge in [0.25, 0.3) is 0 Å². The number of thiophene rings is 1. The van der Waals surface area contributed by atoms with Gasteiger partial charge >= 0.3 is 0 Å². The van der Waals surface area contributed by atoms with Crippen molar-refractivity contribution in [1.82, 2.24) is 0 Å². The minimum Gasteiger partial charge on any atom is -0.379 e. The van der Waals surface area contributed by atoms with Crippen molar-refractivity contribution in [3.8, 4) is 11.1 Å². The van der Waals surface area contributed by atoms with Crippen LogP contribution in [-0.4, -0.2) is 58.0 Å². The Balaban J connectivity index is 1.72. The van der Waals surface area contributed by atoms with Gasteiger partial charge < -0.3 is 23.7 Å². The zero-order chi connectivity index (χ0) is 35.4. The number of unbranched alkanes of at least 4 members (excludes halogenated alkanes) is 4. The lowest BCUT2D eigenvalue weighted by Gasteiger charge is -2.34. The van der Waals surface area contributed by atoms with Crippen molar-refractivity contribution in [2.45, 2.75) is 117 Å². The minimum atomic E-state index is -0.314. The average molecular weight is 703 g/mol. The summed E-state index contributed by atoms with van der Waals surface area (Å²) in [5.41, 5.74) is 4.86. The highest BCUT2D eigenvalue weighted by molar-refractivity contribution is 7.19. The van der Waals surface area contributed by atoms with Crippen LogP contribution in [0.2, 0.25) is 0 Å². The van der Waals surface area contributed by atoms with Gasteiger partial charge in [0.05, 0.1) is 19.3 Å². The normalized spacial score (nSPS) is 14.2. The van der Waals surface area contributed by atoms with Gasteiger partial charge in [-0.1, -0.05) is 120 Å². The maximum atomic E-state index is 7.21. The lowest BCUT2D eigenvalue weighted by Crippen LogP contribution is -2.42. The van der Waals surface area contributed by atoms with Gasteiger partial charge in [0, 0.05) is 42.4 Å². The first-order valence-electron chi connectivity index (χ1n) is 19.3. The van der Waals surface area contributed by atoms with Crippen molar-refractivity contribution in [3.05, 3.63) is 94.9 Å². The van der Waals surface area contributed by atoms with Crippen LogP contribution >= 0.6 is 11.3 Å². The molecule has 50 heavy (non-hydrogen) atoms. The maximum absolute atomic E-state index is 7.21. The van der Waals surface area contributed by atoms with Gasteiger partial charge in [0.15, 0.2) is 0 Å². The molecule has 0 spiro atoms. The van der Waals surface area contributed by atoms with Crippen molar-refractivity contribution in [3.63, 3.8) is 0 Å². The number of rotatable bonds is 26. The zero-order valence-electron chi connectivity index (χ0n) is 31.4. The Kier molecular flexibility index (Phi) is 18.6. The summed E-state index contributed by atoms with van der Waals surface area (Å²) in [7, 11) is 0. The summed E-state index contributed by atoms with van der Waals surface area (Å²) in [6, 6.07) is 28.6. The van der Waals surface area contributed by atoms with Crippen molar-refractivity contribution < 1.29 is 23.7 Å². The molecule has 1 heterocycles. The van der Waals surface area contributed by atoms with Crippen LogP contribution < -0.4 is 0 Å². The Bertz CT molecular complexity index is 1440. The molecule has 1 unspecified atom stereocenters. The number of ether oxygens (including phenoxy) is 5. The average Bonchev–Trinajstić information content (AvgIpc) is 3.55. The fraction of sp³-hybridized carbons (Fsp3) is 0.545. The summed E-state index contributed by atoms with van der Waals surface area (Å²) in [5.74, 6) is 0. The highest BCUT2D eigenvalue weighted by atomic mass is 32.1. The predicted octanol–water partition coefficient (Wildman–Crippen LogP) is 11.6. The highest BCUT2D eigenvalue weighted by Crippen LogP contribution is 2.35. The van der Waals surface area contributed by atoms with Crippen LogP contribution in [0.15, 0.2) is 78.9 Å². The van der Waals surface area contributed by atoms with Crippen molar-refractivity contribution in [2.24, 2.45) is 0 Å². The molecule has 0 amide bonds. The molecule has 0 saturated heterocycles. The summed E-state index contributed by atoms with van der Waals surface area (Å²) >= 11 is 1.88. The van der Waals surface area contributed by atoms with Crippen LogP contribution in [0, 0.1) is 0 Å². The molecule has 0 N–H and O–H groups in total. The number of fused-ring (bicyclic) bond motifs is 1. The molecular weight excluding hydrogens is 641 g/mol. The maximum Gasteiger partial charge on any atom is 0.110 e. The van der Waals surface area contributed by atoms with E-state index in [0.29, 0.717) is 33.0 Å². The van der Waals surface area contributed by atoms with E-state index >= 15 is 0 Å². The molecule has 0 saturated carbocycles. The van der Waals surface area contributed by atoms with E-state index in [2.05, 4.69) is 113 Å². The molecule has 4 atom stereocenters. The van der Waals surface area contributed by atoms with Crippen molar-refractivity contribution in [2.75, 3.05) is 39.6 Å². The van der Waals surface area contributed by atoms with Gasteiger partial charge in [0.2, 0.25) is 0 Å². The monoisotopic (exact) mass is 702 g/mol. The molecular formula is C44H62O5S. The quantitative estimate of drug-likeness (QED) is 0.0610. The van der Waals surface area contributed by atoms with Gasteiger partial charge in [-0.3, -0.25) is 0 Å². The smallest absolute Gasteiger partial charge is 0.110 e. The van der Waals surface area contributed by atoms with Crippen LogP contribution in [-0.2, 0) is 30.1 Å². The fourth-order valence-electron chi connectivity index (χ4n) is 6.07. The third-order valence-electron chi connectivity index (χ3n) is 9.10. The molecule has 0 radical (unpaired) electrons. The molecule has 0 aliphatic carbocycles. The molecule has 0 aliphatic heterocycles. The Hall–Kier alpha value is -2.58. The third-order valence-corrected chi connectivity index (χ3v) is 10.2. The topological polar surface area (TPSA) is 46.2 Å². The standard InChI is InChI=1S/C44H62O5S/c1-6-10-25-45-32-41(48-28-13-9-4)42(33-46-26-11-7-2)49-44(34(5)47-27-12-8-3)37-23-24-40(35-19-15-14-16-20-35)38(29-37)31-39-30-36-21-17-18-22-43(36)50-39/h14-24,29-30,34,41-42,44H,6-13,25-28,31-33H2,1-5H3/t34-,41+,42-,44?/m1/s1. The Morgan fingerprint density at radius 3 is 1.92 bits per heavy atom. The van der Waals surface area contributed by atoms with E-state index in [-0.39, 0.29) is 24.4 Å². The van der Waals surface area contributed by atoms with Crippen LogP contribution in [0.4, 0.5) is 0 Å². The summed E-state index contributed by atoms with van der Waals surface area (Å²) < 4.78 is 34.0. The van der Waals surface area contributed by atoms with Crippen LogP contribution in [0.3, 0.4) is 0 Å². The number of hydrogen-bond donors (Lipinski definition) is 0. The molecule has 4 aromatic rings. The largest absolute Gasteiger partial charge is 0.379 e. The summed E-state index contributed by atoms with van der Waals surface area (Å²) in [4.78, 5) is 1.35.